The fourth-order valence-electron chi connectivity index (χ4n) is 3.67. The lowest BCUT2D eigenvalue weighted by atomic mass is 10.4. The molecule has 0 heterocycles. The Morgan fingerprint density at radius 3 is 1.52 bits per heavy atom. The van der Waals surface area contributed by atoms with Gasteiger partial charge in [-0.2, -0.15) is 0 Å². The molecule has 0 aliphatic heterocycles. The second-order valence-corrected chi connectivity index (χ2v) is 27.0. The lowest BCUT2D eigenvalue weighted by molar-refractivity contribution is 0.00622. The van der Waals surface area contributed by atoms with Gasteiger partial charge in [-0.3, -0.25) is 0 Å². The van der Waals surface area contributed by atoms with Gasteiger partial charge in [0.05, 0.1) is 26.4 Å². The Morgan fingerprint density at radius 1 is 0.636 bits per heavy atom. The zero-order chi connectivity index (χ0) is 25.8. The van der Waals surface area contributed by atoms with Crippen molar-refractivity contribution in [2.75, 3.05) is 39.6 Å². The highest BCUT2D eigenvalue weighted by atomic mass is 28.5. The molecular weight excluding hydrogens is 497 g/mol. The fourth-order valence-corrected chi connectivity index (χ4v) is 22.4. The third-order valence-electron chi connectivity index (χ3n) is 4.53. The van der Waals surface area contributed by atoms with E-state index in [1.165, 1.54) is 0 Å². The summed E-state index contributed by atoms with van der Waals surface area (Å²) in [5.41, 5.74) is 0. The van der Waals surface area contributed by atoms with Crippen LogP contribution in [0.2, 0.25) is 64.5 Å². The van der Waals surface area contributed by atoms with E-state index in [2.05, 4.69) is 52.4 Å². The van der Waals surface area contributed by atoms with Crippen molar-refractivity contribution in [1.82, 2.24) is 0 Å². The Hall–Kier alpha value is 0.508. The van der Waals surface area contributed by atoms with Gasteiger partial charge in [0.15, 0.2) is 16.6 Å². The summed E-state index contributed by atoms with van der Waals surface area (Å²) in [5, 5.41) is 36.5. The van der Waals surface area contributed by atoms with Gasteiger partial charge in [-0.15, -0.1) is 0 Å². The van der Waals surface area contributed by atoms with Gasteiger partial charge >= 0.3 is 17.1 Å². The quantitative estimate of drug-likeness (QED) is 0.134. The van der Waals surface area contributed by atoms with Crippen LogP contribution in [-0.4, -0.2) is 106 Å². The van der Waals surface area contributed by atoms with Crippen LogP contribution in [0.5, 0.6) is 0 Å². The van der Waals surface area contributed by atoms with E-state index in [1.54, 1.807) is 0 Å². The van der Waals surface area contributed by atoms with Gasteiger partial charge in [-0.05, 0) is 77.3 Å². The fraction of sp³-hybridized carbons (Fsp3) is 1.00. The normalized spacial score (nSPS) is 17.1. The molecule has 9 nitrogen and oxygen atoms in total. The maximum absolute atomic E-state index is 9.41. The van der Waals surface area contributed by atoms with Crippen molar-refractivity contribution < 1.29 is 42.2 Å². The van der Waals surface area contributed by atoms with E-state index in [1.807, 2.05) is 0 Å². The Labute approximate surface area is 205 Å². The number of hydrogen-bond acceptors (Lipinski definition) is 9. The molecule has 3 atom stereocenters. The zero-order valence-electron chi connectivity index (χ0n) is 22.1. The molecule has 3 unspecified atom stereocenters. The van der Waals surface area contributed by atoms with Crippen LogP contribution in [-0.2, 0) is 21.8 Å². The van der Waals surface area contributed by atoms with Crippen LogP contribution in [0.15, 0.2) is 0 Å². The summed E-state index contributed by atoms with van der Waals surface area (Å²) >= 11 is 0. The standard InChI is InChI=1S/C20H50O9Si4/c1-30(2,3)27-33(8,14-10-12-26-18-20(24)16-22)29-32(6,7)28-31(4,5)13-9-11-25-17-19(23)15-21/h19-24H,9-18H2,1-8H3. The van der Waals surface area contributed by atoms with Gasteiger partial charge in [-0.25, -0.2) is 0 Å². The second-order valence-electron chi connectivity index (χ2n) is 10.7. The molecule has 0 saturated carbocycles. The largest absolute Gasteiger partial charge is 0.437 e. The third-order valence-corrected chi connectivity index (χ3v) is 19.4. The molecule has 0 radical (unpaired) electrons. The first-order valence-electron chi connectivity index (χ1n) is 11.9. The SMILES string of the molecule is C[Si](C)(C)O[Si](C)(CCCOCC(O)CO)O[Si](C)(C)O[Si](C)(C)CCCOCC(O)CO. The number of aliphatic hydroxyl groups is 4. The van der Waals surface area contributed by atoms with E-state index in [-0.39, 0.29) is 26.4 Å². The summed E-state index contributed by atoms with van der Waals surface area (Å²) in [7, 11) is -8.82. The Morgan fingerprint density at radius 2 is 1.09 bits per heavy atom. The van der Waals surface area contributed by atoms with Gasteiger partial charge in [0.25, 0.3) is 0 Å². The predicted octanol–water partition coefficient (Wildman–Crippen LogP) is 2.37. The van der Waals surface area contributed by atoms with Crippen LogP contribution in [0.4, 0.5) is 0 Å². The van der Waals surface area contributed by atoms with E-state index in [9.17, 15) is 10.2 Å². The number of aliphatic hydroxyl groups excluding tert-OH is 4. The molecule has 0 aliphatic rings. The summed E-state index contributed by atoms with van der Waals surface area (Å²) in [5.74, 6) is 0. The van der Waals surface area contributed by atoms with Crippen molar-refractivity contribution in [3.63, 3.8) is 0 Å². The van der Waals surface area contributed by atoms with Crippen molar-refractivity contribution in [1.29, 1.82) is 0 Å². The minimum Gasteiger partial charge on any atom is -0.437 e. The van der Waals surface area contributed by atoms with Crippen molar-refractivity contribution in [3.8, 4) is 0 Å². The molecule has 0 bridgehead atoms. The number of hydrogen-bond donors (Lipinski definition) is 4. The van der Waals surface area contributed by atoms with Crippen LogP contribution >= 0.6 is 0 Å². The summed E-state index contributed by atoms with van der Waals surface area (Å²) < 4.78 is 30.8. The van der Waals surface area contributed by atoms with Gasteiger partial charge in [0, 0.05) is 13.2 Å². The Kier molecular flexibility index (Phi) is 15.8. The molecule has 13 heteroatoms. The molecular formula is C20H50O9Si4. The van der Waals surface area contributed by atoms with Crippen molar-refractivity contribution in [2.24, 2.45) is 0 Å². The van der Waals surface area contributed by atoms with E-state index in [0.717, 1.165) is 24.9 Å². The van der Waals surface area contributed by atoms with Gasteiger partial charge in [-0.1, -0.05) is 0 Å². The smallest absolute Gasteiger partial charge is 0.315 e. The summed E-state index contributed by atoms with van der Waals surface area (Å²) in [6.07, 6.45) is -0.0854. The Balaban J connectivity index is 4.82. The van der Waals surface area contributed by atoms with Crippen molar-refractivity contribution >= 4 is 33.8 Å². The second kappa shape index (κ2) is 15.6. The molecule has 4 N–H and O–H groups in total. The molecule has 0 aliphatic carbocycles. The number of rotatable bonds is 20. The highest BCUT2D eigenvalue weighted by Gasteiger charge is 2.44. The summed E-state index contributed by atoms with van der Waals surface area (Å²) in [6.45, 7) is 17.8. The van der Waals surface area contributed by atoms with Crippen molar-refractivity contribution in [2.45, 2.75) is 89.5 Å². The molecule has 0 spiro atoms. The van der Waals surface area contributed by atoms with Gasteiger partial charge < -0.3 is 42.2 Å². The van der Waals surface area contributed by atoms with Gasteiger partial charge in [0.2, 0.25) is 0 Å². The third kappa shape index (κ3) is 18.4. The first-order valence-corrected chi connectivity index (χ1v) is 23.7. The summed E-state index contributed by atoms with van der Waals surface area (Å²) in [4.78, 5) is 0. The van der Waals surface area contributed by atoms with Crippen LogP contribution in [0.3, 0.4) is 0 Å². The minimum atomic E-state index is -2.51. The molecule has 33 heavy (non-hydrogen) atoms. The van der Waals surface area contributed by atoms with E-state index >= 15 is 0 Å². The maximum atomic E-state index is 9.41. The average molecular weight is 547 g/mol. The van der Waals surface area contributed by atoms with E-state index < -0.39 is 46.0 Å². The lowest BCUT2D eigenvalue weighted by Crippen LogP contribution is -2.57. The predicted molar refractivity (Wildman–Crippen MR) is 140 cm³/mol. The first-order chi connectivity index (χ1) is 15.0. The van der Waals surface area contributed by atoms with E-state index in [0.29, 0.717) is 13.2 Å². The maximum Gasteiger partial charge on any atom is 0.315 e. The Bertz CT molecular complexity index is 520. The highest BCUT2D eigenvalue weighted by Crippen LogP contribution is 2.29. The molecule has 200 valence electrons. The minimum absolute atomic E-state index is 0.121. The molecule has 0 saturated heterocycles. The van der Waals surface area contributed by atoms with Crippen LogP contribution in [0.1, 0.15) is 12.8 Å². The zero-order valence-corrected chi connectivity index (χ0v) is 26.1. The van der Waals surface area contributed by atoms with Crippen LogP contribution in [0, 0.1) is 0 Å². The van der Waals surface area contributed by atoms with Gasteiger partial charge in [0.1, 0.15) is 12.2 Å². The summed E-state index contributed by atoms with van der Waals surface area (Å²) in [6, 6.07) is 1.69. The molecule has 0 rings (SSSR count). The van der Waals surface area contributed by atoms with E-state index in [4.69, 9.17) is 32.0 Å². The molecule has 0 aromatic heterocycles. The number of ether oxygens (including phenoxy) is 2. The molecule has 0 aromatic rings. The van der Waals surface area contributed by atoms with Crippen molar-refractivity contribution in [3.05, 3.63) is 0 Å². The van der Waals surface area contributed by atoms with Crippen LogP contribution < -0.4 is 0 Å². The first kappa shape index (κ1) is 33.5. The molecule has 0 aromatic carbocycles. The molecule has 0 amide bonds. The molecule has 0 fully saturated rings. The average Bonchev–Trinajstić information content (AvgIpc) is 2.63. The topological polar surface area (TPSA) is 127 Å². The van der Waals surface area contributed by atoms with Crippen LogP contribution in [0.25, 0.3) is 0 Å². The monoisotopic (exact) mass is 546 g/mol. The highest BCUT2D eigenvalue weighted by molar-refractivity contribution is 6.89. The lowest BCUT2D eigenvalue weighted by Gasteiger charge is -2.42.